The number of anilines is 1. The molecule has 8 heteroatoms. The van der Waals surface area contributed by atoms with Gasteiger partial charge in [-0.3, -0.25) is 4.79 Å². The highest BCUT2D eigenvalue weighted by molar-refractivity contribution is 7.22. The van der Waals surface area contributed by atoms with Crippen molar-refractivity contribution < 1.29 is 18.0 Å². The van der Waals surface area contributed by atoms with Crippen molar-refractivity contribution in [2.45, 2.75) is 12.6 Å². The number of carbonyl (C=O) groups is 1. The van der Waals surface area contributed by atoms with Crippen LogP contribution in [-0.2, 0) is 17.4 Å². The molecular formula is C16H10ClF3N2OS. The number of thiazole rings is 1. The standard InChI is InChI=1S/C16H10ClF3N2OS/c17-10-6-4-9(5-7-10)8-13(23)21-15-22-14-11(16(18,19)20)2-1-3-12(14)24-15/h1-7H,8H2,(H,21,22,23). The summed E-state index contributed by atoms with van der Waals surface area (Å²) in [6, 6.07) is 10.6. The molecule has 3 nitrogen and oxygen atoms in total. The predicted octanol–water partition coefficient (Wildman–Crippen LogP) is 5.15. The quantitative estimate of drug-likeness (QED) is 0.692. The highest BCUT2D eigenvalue weighted by Gasteiger charge is 2.33. The molecule has 0 fully saturated rings. The highest BCUT2D eigenvalue weighted by atomic mass is 35.5. The molecule has 3 aromatic rings. The van der Waals surface area contributed by atoms with Gasteiger partial charge in [0.1, 0.15) is 0 Å². The molecule has 124 valence electrons. The molecule has 1 N–H and O–H groups in total. The summed E-state index contributed by atoms with van der Waals surface area (Å²) in [5, 5.41) is 3.24. The van der Waals surface area contributed by atoms with E-state index >= 15 is 0 Å². The first kappa shape index (κ1) is 16.7. The molecule has 1 amide bonds. The maximum atomic E-state index is 13.0. The average molecular weight is 371 g/mol. The third-order valence-electron chi connectivity index (χ3n) is 3.25. The normalized spacial score (nSPS) is 11.7. The summed E-state index contributed by atoms with van der Waals surface area (Å²) in [7, 11) is 0. The van der Waals surface area contributed by atoms with E-state index in [-0.39, 0.29) is 23.0 Å². The smallest absolute Gasteiger partial charge is 0.302 e. The van der Waals surface area contributed by atoms with Gasteiger partial charge in [0, 0.05) is 5.02 Å². The number of nitrogens with one attached hydrogen (secondary N) is 1. The fraction of sp³-hybridized carbons (Fsp3) is 0.125. The van der Waals surface area contributed by atoms with Crippen LogP contribution in [-0.4, -0.2) is 10.9 Å². The fourth-order valence-corrected chi connectivity index (χ4v) is 3.22. The van der Waals surface area contributed by atoms with E-state index < -0.39 is 11.7 Å². The van der Waals surface area contributed by atoms with Gasteiger partial charge in [0.25, 0.3) is 0 Å². The van der Waals surface area contributed by atoms with Crippen molar-refractivity contribution in [3.8, 4) is 0 Å². The Labute approximate surface area is 144 Å². The largest absolute Gasteiger partial charge is 0.418 e. The summed E-state index contributed by atoms with van der Waals surface area (Å²) < 4.78 is 39.3. The van der Waals surface area contributed by atoms with Gasteiger partial charge in [-0.15, -0.1) is 0 Å². The van der Waals surface area contributed by atoms with E-state index in [1.54, 1.807) is 24.3 Å². The number of fused-ring (bicyclic) bond motifs is 1. The van der Waals surface area contributed by atoms with Crippen molar-refractivity contribution in [3.63, 3.8) is 0 Å². The van der Waals surface area contributed by atoms with Crippen molar-refractivity contribution in [1.82, 2.24) is 4.98 Å². The lowest BCUT2D eigenvalue weighted by molar-refractivity contribution is -0.136. The SMILES string of the molecule is O=C(Cc1ccc(Cl)cc1)Nc1nc2c(C(F)(F)F)cccc2s1. The van der Waals surface area contributed by atoms with Crippen LogP contribution in [0.4, 0.5) is 18.3 Å². The molecule has 0 spiro atoms. The summed E-state index contributed by atoms with van der Waals surface area (Å²) in [6.07, 6.45) is -4.41. The van der Waals surface area contributed by atoms with E-state index in [2.05, 4.69) is 10.3 Å². The van der Waals surface area contributed by atoms with E-state index in [0.29, 0.717) is 9.72 Å². The van der Waals surface area contributed by atoms with Gasteiger partial charge in [-0.2, -0.15) is 13.2 Å². The van der Waals surface area contributed by atoms with E-state index in [1.807, 2.05) is 0 Å². The number of hydrogen-bond acceptors (Lipinski definition) is 3. The van der Waals surface area contributed by atoms with Crippen LogP contribution in [0.1, 0.15) is 11.1 Å². The first-order valence-corrected chi connectivity index (χ1v) is 8.03. The molecule has 0 unspecified atom stereocenters. The summed E-state index contributed by atoms with van der Waals surface area (Å²) >= 11 is 6.78. The number of carbonyl (C=O) groups excluding carboxylic acids is 1. The first-order valence-electron chi connectivity index (χ1n) is 6.84. The molecule has 1 aromatic heterocycles. The number of halogens is 4. The van der Waals surface area contributed by atoms with Crippen LogP contribution in [0.3, 0.4) is 0 Å². The zero-order chi connectivity index (χ0) is 17.3. The van der Waals surface area contributed by atoms with Gasteiger partial charge in [0.2, 0.25) is 5.91 Å². The maximum Gasteiger partial charge on any atom is 0.418 e. The lowest BCUT2D eigenvalue weighted by Gasteiger charge is -2.06. The van der Waals surface area contributed by atoms with E-state index in [4.69, 9.17) is 11.6 Å². The Morgan fingerprint density at radius 2 is 1.88 bits per heavy atom. The molecule has 0 aliphatic carbocycles. The van der Waals surface area contributed by atoms with Crippen LogP contribution in [0, 0.1) is 0 Å². The third kappa shape index (κ3) is 3.68. The summed E-state index contributed by atoms with van der Waals surface area (Å²) in [5.74, 6) is -0.357. The van der Waals surface area contributed by atoms with Gasteiger partial charge in [-0.1, -0.05) is 41.1 Å². The lowest BCUT2D eigenvalue weighted by atomic mass is 10.1. The number of hydrogen-bond donors (Lipinski definition) is 1. The van der Waals surface area contributed by atoms with Crippen LogP contribution >= 0.6 is 22.9 Å². The van der Waals surface area contributed by atoms with Crippen LogP contribution in [0.5, 0.6) is 0 Å². The molecular weight excluding hydrogens is 361 g/mol. The number of nitrogens with zero attached hydrogens (tertiary/aromatic N) is 1. The molecule has 2 aromatic carbocycles. The molecule has 0 aliphatic heterocycles. The van der Waals surface area contributed by atoms with Gasteiger partial charge < -0.3 is 5.32 Å². The Morgan fingerprint density at radius 3 is 2.54 bits per heavy atom. The fourth-order valence-electron chi connectivity index (χ4n) is 2.18. The number of aromatic nitrogens is 1. The van der Waals surface area contributed by atoms with Crippen molar-refractivity contribution in [3.05, 3.63) is 58.6 Å². The molecule has 0 radical (unpaired) electrons. The second-order valence-electron chi connectivity index (χ2n) is 5.02. The van der Waals surface area contributed by atoms with Gasteiger partial charge in [-0.05, 0) is 29.8 Å². The summed E-state index contributed by atoms with van der Waals surface area (Å²) in [4.78, 5) is 15.9. The van der Waals surface area contributed by atoms with E-state index in [1.165, 1.54) is 12.1 Å². The van der Waals surface area contributed by atoms with Gasteiger partial charge >= 0.3 is 6.18 Å². The molecule has 0 saturated carbocycles. The van der Waals surface area contributed by atoms with E-state index in [0.717, 1.165) is 23.0 Å². The van der Waals surface area contributed by atoms with Crippen LogP contribution in [0.25, 0.3) is 10.2 Å². The number of rotatable bonds is 3. The topological polar surface area (TPSA) is 42.0 Å². The minimum atomic E-state index is -4.49. The number of benzene rings is 2. The third-order valence-corrected chi connectivity index (χ3v) is 4.44. The minimum Gasteiger partial charge on any atom is -0.302 e. The molecule has 1 heterocycles. The zero-order valence-electron chi connectivity index (χ0n) is 12.0. The minimum absolute atomic E-state index is 0.0826. The van der Waals surface area contributed by atoms with Gasteiger partial charge in [-0.25, -0.2) is 4.98 Å². The molecule has 3 rings (SSSR count). The summed E-state index contributed by atoms with van der Waals surface area (Å²) in [6.45, 7) is 0. The molecule has 0 atom stereocenters. The molecule has 0 saturated heterocycles. The van der Waals surface area contributed by atoms with Crippen LogP contribution < -0.4 is 5.32 Å². The Kier molecular flexibility index (Phi) is 4.47. The monoisotopic (exact) mass is 370 g/mol. The molecule has 0 aliphatic rings. The maximum absolute atomic E-state index is 13.0. The molecule has 0 bridgehead atoms. The van der Waals surface area contributed by atoms with Crippen molar-refractivity contribution >= 4 is 44.2 Å². The second-order valence-corrected chi connectivity index (χ2v) is 6.49. The van der Waals surface area contributed by atoms with Crippen molar-refractivity contribution in [2.75, 3.05) is 5.32 Å². The molecule has 24 heavy (non-hydrogen) atoms. The van der Waals surface area contributed by atoms with Crippen LogP contribution in [0.2, 0.25) is 5.02 Å². The van der Waals surface area contributed by atoms with E-state index in [9.17, 15) is 18.0 Å². The number of para-hydroxylation sites is 1. The second kappa shape index (κ2) is 6.41. The van der Waals surface area contributed by atoms with Crippen LogP contribution in [0.15, 0.2) is 42.5 Å². The zero-order valence-corrected chi connectivity index (χ0v) is 13.6. The number of amides is 1. The highest BCUT2D eigenvalue weighted by Crippen LogP contribution is 2.37. The Bertz CT molecular complexity index is 890. The van der Waals surface area contributed by atoms with Gasteiger partial charge in [0.15, 0.2) is 5.13 Å². The van der Waals surface area contributed by atoms with Gasteiger partial charge in [0.05, 0.1) is 22.2 Å². The number of alkyl halides is 3. The Morgan fingerprint density at radius 1 is 1.17 bits per heavy atom. The predicted molar refractivity (Wildman–Crippen MR) is 88.4 cm³/mol. The Hall–Kier alpha value is -2.12. The lowest BCUT2D eigenvalue weighted by Crippen LogP contribution is -2.14. The van der Waals surface area contributed by atoms with Crippen molar-refractivity contribution in [2.24, 2.45) is 0 Å². The summed E-state index contributed by atoms with van der Waals surface area (Å²) in [5.41, 5.74) is -0.222. The average Bonchev–Trinajstić information content (AvgIpc) is 2.90. The Balaban J connectivity index is 1.80. The first-order chi connectivity index (χ1) is 11.3. The van der Waals surface area contributed by atoms with Crippen molar-refractivity contribution in [1.29, 1.82) is 0 Å².